The molecule has 2 fully saturated rings. The molecule has 6 aromatic carbocycles. The molecule has 0 amide bonds. The highest BCUT2D eigenvalue weighted by atomic mass is 16.5. The molecular formula is C61H69N9O3. The van der Waals surface area contributed by atoms with E-state index in [1.165, 1.54) is 66.6 Å². The predicted octanol–water partition coefficient (Wildman–Crippen LogP) is 10.9. The fourth-order valence-electron chi connectivity index (χ4n) is 10.9. The standard InChI is InChI=1S/C61H69N9O3/c1-45-24-27-57-55(37-45)61(72-35-32-65(2)3)64-69(57)43-47-17-11-19-49(38-47)51-25-26-54-58(40-51)70(41-46-15-5-4-6-16-46)63-60(54)71-34-14-31-67-30-13-21-52(44-67)50-20-12-18-48(39-50)42-68-56-23-8-7-22-53(56)59(62-68)73-36-33-66-28-9-10-29-66/h4-8,11-12,15-20,22-27,37-40,52H,9-10,13-14,21,28-36,41-44H2,1-3H3. The molecule has 1 atom stereocenters. The number of piperidine rings is 1. The highest BCUT2D eigenvalue weighted by Crippen LogP contribution is 2.34. The van der Waals surface area contributed by atoms with Gasteiger partial charge in [0.1, 0.15) is 13.2 Å². The van der Waals surface area contributed by atoms with E-state index in [9.17, 15) is 0 Å². The number of aryl methyl sites for hydroxylation is 1. The molecule has 2 saturated heterocycles. The third kappa shape index (κ3) is 11.5. The third-order valence-corrected chi connectivity index (χ3v) is 14.7. The molecule has 0 bridgehead atoms. The van der Waals surface area contributed by atoms with E-state index in [0.717, 1.165) is 88.9 Å². The Kier molecular flexibility index (Phi) is 14.8. The predicted molar refractivity (Wildman–Crippen MR) is 293 cm³/mol. The zero-order chi connectivity index (χ0) is 49.5. The monoisotopic (exact) mass is 976 g/mol. The second-order valence-corrected chi connectivity index (χ2v) is 20.5. The van der Waals surface area contributed by atoms with Crippen LogP contribution in [0.5, 0.6) is 17.6 Å². The molecule has 0 saturated carbocycles. The maximum atomic E-state index is 6.60. The Balaban J connectivity index is 0.742. The van der Waals surface area contributed by atoms with E-state index in [-0.39, 0.29) is 0 Å². The van der Waals surface area contributed by atoms with Gasteiger partial charge in [0, 0.05) is 26.2 Å². The van der Waals surface area contributed by atoms with Crippen LogP contribution in [-0.2, 0) is 19.6 Å². The van der Waals surface area contributed by atoms with Gasteiger partial charge < -0.3 is 24.0 Å². The largest absolute Gasteiger partial charge is 0.476 e. The molecule has 9 aromatic rings. The van der Waals surface area contributed by atoms with Crippen molar-refractivity contribution in [1.29, 1.82) is 0 Å². The number of para-hydroxylation sites is 1. The van der Waals surface area contributed by atoms with Gasteiger partial charge in [-0.15, -0.1) is 15.3 Å². The Morgan fingerprint density at radius 2 is 1.14 bits per heavy atom. The smallest absolute Gasteiger partial charge is 0.240 e. The molecule has 0 aliphatic carbocycles. The Morgan fingerprint density at radius 3 is 1.95 bits per heavy atom. The molecule has 12 heteroatoms. The first-order valence-corrected chi connectivity index (χ1v) is 26.5. The maximum absolute atomic E-state index is 6.60. The number of ether oxygens (including phenoxy) is 3. The quantitative estimate of drug-likeness (QED) is 0.0653. The van der Waals surface area contributed by atoms with Gasteiger partial charge in [-0.2, -0.15) is 0 Å². The summed E-state index contributed by atoms with van der Waals surface area (Å²) in [6, 6.07) is 50.1. The number of benzene rings is 6. The van der Waals surface area contributed by atoms with Crippen LogP contribution < -0.4 is 14.2 Å². The van der Waals surface area contributed by atoms with E-state index in [1.54, 1.807) is 0 Å². The van der Waals surface area contributed by atoms with Crippen molar-refractivity contribution in [2.45, 2.75) is 64.6 Å². The lowest BCUT2D eigenvalue weighted by Crippen LogP contribution is -2.35. The number of likely N-dealkylation sites (N-methyl/N-ethyl adjacent to an activating group) is 1. The van der Waals surface area contributed by atoms with Gasteiger partial charge in [-0.3, -0.25) is 18.9 Å². The van der Waals surface area contributed by atoms with Crippen molar-refractivity contribution in [1.82, 2.24) is 44.0 Å². The number of fused-ring (bicyclic) bond motifs is 3. The fourth-order valence-corrected chi connectivity index (χ4v) is 10.9. The molecule has 0 spiro atoms. The lowest BCUT2D eigenvalue weighted by atomic mass is 9.89. The fraction of sp³-hybridized carbons (Fsp3) is 0.361. The number of hydrogen-bond acceptors (Lipinski definition) is 9. The molecule has 12 nitrogen and oxygen atoms in total. The van der Waals surface area contributed by atoms with Gasteiger partial charge >= 0.3 is 0 Å². The summed E-state index contributed by atoms with van der Waals surface area (Å²) >= 11 is 0. The number of aromatic nitrogens is 6. The molecule has 3 aromatic heterocycles. The molecule has 376 valence electrons. The first kappa shape index (κ1) is 48.3. The van der Waals surface area contributed by atoms with Gasteiger partial charge in [-0.1, -0.05) is 103 Å². The van der Waals surface area contributed by atoms with Gasteiger partial charge in [0.05, 0.1) is 58.9 Å². The minimum Gasteiger partial charge on any atom is -0.476 e. The summed E-state index contributed by atoms with van der Waals surface area (Å²) in [6.07, 6.45) is 5.88. The lowest BCUT2D eigenvalue weighted by Gasteiger charge is -2.33. The van der Waals surface area contributed by atoms with Crippen molar-refractivity contribution in [2.24, 2.45) is 0 Å². The molecule has 0 radical (unpaired) electrons. The van der Waals surface area contributed by atoms with Gasteiger partial charge in [-0.25, -0.2) is 0 Å². The van der Waals surface area contributed by atoms with Crippen molar-refractivity contribution in [3.63, 3.8) is 0 Å². The first-order chi connectivity index (χ1) is 35.9. The number of hydrogen-bond donors (Lipinski definition) is 0. The number of rotatable bonds is 21. The molecule has 0 N–H and O–H groups in total. The van der Waals surface area contributed by atoms with Crippen LogP contribution in [0, 0.1) is 6.92 Å². The van der Waals surface area contributed by atoms with Crippen molar-refractivity contribution in [3.05, 3.63) is 167 Å². The van der Waals surface area contributed by atoms with Crippen LogP contribution in [0.4, 0.5) is 0 Å². The molecule has 73 heavy (non-hydrogen) atoms. The highest BCUT2D eigenvalue weighted by Gasteiger charge is 2.23. The minimum absolute atomic E-state index is 0.487. The SMILES string of the molecule is Cc1ccc2c(c1)c(OCCN(C)C)nn2Cc1cccc(-c2ccc3c(OCCCN4CCCC(c5cccc(Cn6nc(OCCN7CCCC7)c7ccccc76)c5)C4)nn(Cc4ccccc4)c3c2)c1. The minimum atomic E-state index is 0.487. The van der Waals surface area contributed by atoms with Gasteiger partial charge in [-0.05, 0) is 155 Å². The summed E-state index contributed by atoms with van der Waals surface area (Å²) in [7, 11) is 4.11. The Hall–Kier alpha value is -6.99. The number of nitrogens with zero attached hydrogens (tertiary/aromatic N) is 9. The Bertz CT molecular complexity index is 3280. The van der Waals surface area contributed by atoms with Crippen molar-refractivity contribution in [2.75, 3.05) is 79.7 Å². The van der Waals surface area contributed by atoms with Crippen LogP contribution in [-0.4, -0.2) is 124 Å². The maximum Gasteiger partial charge on any atom is 0.240 e. The van der Waals surface area contributed by atoms with E-state index in [0.29, 0.717) is 57.1 Å². The molecular weight excluding hydrogens is 907 g/mol. The van der Waals surface area contributed by atoms with E-state index in [1.807, 2.05) is 0 Å². The zero-order valence-electron chi connectivity index (χ0n) is 42.8. The van der Waals surface area contributed by atoms with E-state index < -0.39 is 0 Å². The third-order valence-electron chi connectivity index (χ3n) is 14.7. The van der Waals surface area contributed by atoms with Gasteiger partial charge in [0.2, 0.25) is 17.6 Å². The van der Waals surface area contributed by atoms with Crippen LogP contribution in [0.3, 0.4) is 0 Å². The van der Waals surface area contributed by atoms with Crippen LogP contribution >= 0.6 is 0 Å². The van der Waals surface area contributed by atoms with E-state index in [2.05, 4.69) is 189 Å². The average Bonchev–Trinajstić information content (AvgIpc) is 4.21. The average molecular weight is 976 g/mol. The summed E-state index contributed by atoms with van der Waals surface area (Å²) in [5.74, 6) is 2.60. The van der Waals surface area contributed by atoms with Crippen molar-refractivity contribution in [3.8, 4) is 28.8 Å². The first-order valence-electron chi connectivity index (χ1n) is 26.5. The summed E-state index contributed by atoms with van der Waals surface area (Å²) < 4.78 is 25.4. The Morgan fingerprint density at radius 1 is 0.507 bits per heavy atom. The van der Waals surface area contributed by atoms with Crippen LogP contribution in [0.15, 0.2) is 140 Å². The summed E-state index contributed by atoms with van der Waals surface area (Å²) in [5.41, 5.74) is 11.7. The summed E-state index contributed by atoms with van der Waals surface area (Å²) in [6.45, 7) is 13.2. The van der Waals surface area contributed by atoms with Gasteiger partial charge in [0.25, 0.3) is 0 Å². The molecule has 2 aliphatic rings. The normalized spacial score (nSPS) is 15.6. The highest BCUT2D eigenvalue weighted by molar-refractivity contribution is 5.89. The lowest BCUT2D eigenvalue weighted by molar-refractivity contribution is 0.188. The molecule has 5 heterocycles. The molecule has 11 rings (SSSR count). The Labute approximate surface area is 429 Å². The topological polar surface area (TPSA) is 90.9 Å². The second-order valence-electron chi connectivity index (χ2n) is 20.5. The molecule has 2 aliphatic heterocycles. The van der Waals surface area contributed by atoms with Crippen molar-refractivity contribution < 1.29 is 14.2 Å². The van der Waals surface area contributed by atoms with E-state index in [4.69, 9.17) is 29.5 Å². The second kappa shape index (κ2) is 22.4. The molecule has 1 unspecified atom stereocenters. The summed E-state index contributed by atoms with van der Waals surface area (Å²) in [4.78, 5) is 7.23. The van der Waals surface area contributed by atoms with Crippen LogP contribution in [0.25, 0.3) is 43.8 Å². The van der Waals surface area contributed by atoms with Crippen LogP contribution in [0.2, 0.25) is 0 Å². The summed E-state index contributed by atoms with van der Waals surface area (Å²) in [5, 5.41) is 18.2. The van der Waals surface area contributed by atoms with E-state index >= 15 is 0 Å². The number of likely N-dealkylation sites (tertiary alicyclic amines) is 2. The van der Waals surface area contributed by atoms with Crippen molar-refractivity contribution >= 4 is 32.7 Å². The van der Waals surface area contributed by atoms with Gasteiger partial charge in [0.15, 0.2) is 0 Å². The van der Waals surface area contributed by atoms with Crippen LogP contribution in [0.1, 0.15) is 65.8 Å². The zero-order valence-corrected chi connectivity index (χ0v) is 42.8.